The van der Waals surface area contributed by atoms with Gasteiger partial charge in [0.1, 0.15) is 0 Å². The molecule has 0 aromatic rings. The van der Waals surface area contributed by atoms with Gasteiger partial charge in [-0.15, -0.1) is 0 Å². The van der Waals surface area contributed by atoms with Gasteiger partial charge < -0.3 is 15.3 Å². The van der Waals surface area contributed by atoms with Crippen molar-refractivity contribution in [2.45, 2.75) is 51.2 Å². The molecule has 2 amide bonds. The Morgan fingerprint density at radius 1 is 1.40 bits per heavy atom. The van der Waals surface area contributed by atoms with Crippen molar-refractivity contribution in [1.82, 2.24) is 15.1 Å². The summed E-state index contributed by atoms with van der Waals surface area (Å²) in [4.78, 5) is 27.1. The number of amides is 2. The molecule has 2 N–H and O–H groups in total. The first kappa shape index (κ1) is 15.1. The van der Waals surface area contributed by atoms with E-state index in [1.807, 2.05) is 6.92 Å². The average molecular weight is 283 g/mol. The Labute approximate surface area is 120 Å². The van der Waals surface area contributed by atoms with Crippen molar-refractivity contribution in [3.05, 3.63) is 0 Å². The third kappa shape index (κ3) is 3.23. The van der Waals surface area contributed by atoms with Crippen LogP contribution in [0.2, 0.25) is 0 Å². The molecule has 2 rings (SSSR count). The number of likely N-dealkylation sites (N-methyl/N-ethyl adjacent to an activating group) is 1. The highest BCUT2D eigenvalue weighted by Crippen LogP contribution is 2.27. The Kier molecular flexibility index (Phi) is 4.52. The van der Waals surface area contributed by atoms with E-state index in [1.165, 1.54) is 12.8 Å². The van der Waals surface area contributed by atoms with E-state index in [1.54, 1.807) is 4.90 Å². The first-order chi connectivity index (χ1) is 9.41. The number of carboxylic acid groups (broad SMARTS) is 1. The van der Waals surface area contributed by atoms with Gasteiger partial charge in [0.05, 0.1) is 5.92 Å². The predicted molar refractivity (Wildman–Crippen MR) is 75.6 cm³/mol. The minimum Gasteiger partial charge on any atom is -0.481 e. The molecule has 1 saturated heterocycles. The fourth-order valence-electron chi connectivity index (χ4n) is 2.88. The Morgan fingerprint density at radius 3 is 2.55 bits per heavy atom. The molecule has 3 unspecified atom stereocenters. The number of rotatable bonds is 5. The van der Waals surface area contributed by atoms with Crippen LogP contribution in [0.1, 0.15) is 33.1 Å². The lowest BCUT2D eigenvalue weighted by Gasteiger charge is -2.27. The normalized spacial score (nSPS) is 27.7. The highest BCUT2D eigenvalue weighted by Gasteiger charge is 2.38. The number of carbonyl (C=O) groups is 2. The molecule has 1 heterocycles. The van der Waals surface area contributed by atoms with Crippen LogP contribution in [0.4, 0.5) is 4.79 Å². The summed E-state index contributed by atoms with van der Waals surface area (Å²) in [7, 11) is 2.09. The van der Waals surface area contributed by atoms with Crippen molar-refractivity contribution in [3.63, 3.8) is 0 Å². The number of hydrogen-bond acceptors (Lipinski definition) is 3. The van der Waals surface area contributed by atoms with Gasteiger partial charge in [-0.05, 0) is 40.2 Å². The number of urea groups is 1. The zero-order valence-corrected chi connectivity index (χ0v) is 12.5. The third-order valence-corrected chi connectivity index (χ3v) is 4.70. The minimum absolute atomic E-state index is 0.141. The third-order valence-electron chi connectivity index (χ3n) is 4.70. The van der Waals surface area contributed by atoms with E-state index in [2.05, 4.69) is 24.2 Å². The summed E-state index contributed by atoms with van der Waals surface area (Å²) < 4.78 is 0. The fourth-order valence-corrected chi connectivity index (χ4v) is 2.88. The van der Waals surface area contributed by atoms with Gasteiger partial charge in [-0.2, -0.15) is 0 Å². The van der Waals surface area contributed by atoms with Crippen LogP contribution in [0.3, 0.4) is 0 Å². The van der Waals surface area contributed by atoms with Crippen LogP contribution in [0.25, 0.3) is 0 Å². The van der Waals surface area contributed by atoms with Crippen LogP contribution in [0.5, 0.6) is 0 Å². The Balaban J connectivity index is 1.78. The summed E-state index contributed by atoms with van der Waals surface area (Å²) in [6.45, 7) is 5.04. The number of carboxylic acids is 1. The summed E-state index contributed by atoms with van der Waals surface area (Å²) in [5.74, 6) is -1.25. The van der Waals surface area contributed by atoms with E-state index >= 15 is 0 Å². The highest BCUT2D eigenvalue weighted by atomic mass is 16.4. The van der Waals surface area contributed by atoms with Gasteiger partial charge in [0, 0.05) is 31.2 Å². The second kappa shape index (κ2) is 5.99. The molecule has 2 aliphatic rings. The maximum absolute atomic E-state index is 12.1. The van der Waals surface area contributed by atoms with Gasteiger partial charge in [0.2, 0.25) is 0 Å². The van der Waals surface area contributed by atoms with Crippen molar-refractivity contribution < 1.29 is 14.7 Å². The lowest BCUT2D eigenvalue weighted by Crippen LogP contribution is -2.48. The van der Waals surface area contributed by atoms with Gasteiger partial charge in [-0.1, -0.05) is 0 Å². The zero-order valence-electron chi connectivity index (χ0n) is 12.5. The number of aliphatic carboxylic acids is 1. The van der Waals surface area contributed by atoms with E-state index in [9.17, 15) is 9.59 Å². The van der Waals surface area contributed by atoms with Crippen molar-refractivity contribution in [3.8, 4) is 0 Å². The summed E-state index contributed by atoms with van der Waals surface area (Å²) in [6.07, 6.45) is 3.04. The van der Waals surface area contributed by atoms with Crippen molar-refractivity contribution in [2.24, 2.45) is 5.92 Å². The van der Waals surface area contributed by atoms with Crippen molar-refractivity contribution in [2.75, 3.05) is 20.1 Å². The molecule has 1 aliphatic heterocycles. The quantitative estimate of drug-likeness (QED) is 0.788. The van der Waals surface area contributed by atoms with Crippen LogP contribution in [-0.2, 0) is 4.79 Å². The van der Waals surface area contributed by atoms with Crippen molar-refractivity contribution >= 4 is 12.0 Å². The van der Waals surface area contributed by atoms with Crippen LogP contribution < -0.4 is 5.32 Å². The van der Waals surface area contributed by atoms with E-state index in [4.69, 9.17) is 5.11 Å². The molecule has 6 nitrogen and oxygen atoms in total. The summed E-state index contributed by atoms with van der Waals surface area (Å²) in [5.41, 5.74) is 0. The van der Waals surface area contributed by atoms with Gasteiger partial charge in [0.25, 0.3) is 0 Å². The lowest BCUT2D eigenvalue weighted by molar-refractivity contribution is -0.142. The lowest BCUT2D eigenvalue weighted by atomic mass is 10.0. The van der Waals surface area contributed by atoms with Gasteiger partial charge >= 0.3 is 12.0 Å². The molecule has 6 heteroatoms. The smallest absolute Gasteiger partial charge is 0.317 e. The van der Waals surface area contributed by atoms with Crippen LogP contribution in [-0.4, -0.2) is 65.2 Å². The van der Waals surface area contributed by atoms with E-state index in [0.717, 1.165) is 0 Å². The Morgan fingerprint density at radius 2 is 2.05 bits per heavy atom. The first-order valence-corrected chi connectivity index (χ1v) is 7.41. The van der Waals surface area contributed by atoms with Gasteiger partial charge in [-0.25, -0.2) is 4.79 Å². The van der Waals surface area contributed by atoms with Crippen LogP contribution in [0.15, 0.2) is 0 Å². The Bertz CT molecular complexity index is 384. The molecule has 0 radical (unpaired) electrons. The molecule has 114 valence electrons. The fraction of sp³-hybridized carbons (Fsp3) is 0.857. The Hall–Kier alpha value is -1.30. The number of hydrogen-bond donors (Lipinski definition) is 2. The molecule has 0 spiro atoms. The first-order valence-electron chi connectivity index (χ1n) is 7.41. The average Bonchev–Trinajstić information content (AvgIpc) is 3.17. The SMILES string of the molecule is CC1C(C(=O)O)CCN1C(=O)NCC(C)N(C)C1CC1. The van der Waals surface area contributed by atoms with Crippen LogP contribution in [0, 0.1) is 5.92 Å². The molecule has 0 aromatic heterocycles. The molecular formula is C14H25N3O3. The molecule has 1 aliphatic carbocycles. The number of carbonyl (C=O) groups excluding carboxylic acids is 1. The number of nitrogens with zero attached hydrogens (tertiary/aromatic N) is 2. The zero-order chi connectivity index (χ0) is 14.9. The summed E-state index contributed by atoms with van der Waals surface area (Å²) >= 11 is 0. The molecule has 1 saturated carbocycles. The maximum Gasteiger partial charge on any atom is 0.317 e. The van der Waals surface area contributed by atoms with E-state index in [0.29, 0.717) is 31.6 Å². The maximum atomic E-state index is 12.1. The molecule has 0 aromatic carbocycles. The van der Waals surface area contributed by atoms with E-state index in [-0.39, 0.29) is 12.1 Å². The molecule has 2 fully saturated rings. The summed E-state index contributed by atoms with van der Waals surface area (Å²) in [6, 6.07) is 0.602. The highest BCUT2D eigenvalue weighted by molar-refractivity contribution is 5.78. The second-order valence-electron chi connectivity index (χ2n) is 6.10. The molecular weight excluding hydrogens is 258 g/mol. The molecule has 3 atom stereocenters. The molecule has 20 heavy (non-hydrogen) atoms. The van der Waals surface area contributed by atoms with Gasteiger partial charge in [-0.3, -0.25) is 9.69 Å². The number of likely N-dealkylation sites (tertiary alicyclic amines) is 1. The van der Waals surface area contributed by atoms with Gasteiger partial charge in [0.15, 0.2) is 0 Å². The summed E-state index contributed by atoms with van der Waals surface area (Å²) in [5, 5.41) is 12.0. The second-order valence-corrected chi connectivity index (χ2v) is 6.10. The minimum atomic E-state index is -0.811. The standard InChI is InChI=1S/C14H25N3O3/c1-9(16(3)11-4-5-11)8-15-14(20)17-7-6-12(10(17)2)13(18)19/h9-12H,4-8H2,1-3H3,(H,15,20)(H,18,19). The van der Waals surface area contributed by atoms with E-state index < -0.39 is 11.9 Å². The monoisotopic (exact) mass is 283 g/mol. The largest absolute Gasteiger partial charge is 0.481 e. The van der Waals surface area contributed by atoms with Crippen molar-refractivity contribution in [1.29, 1.82) is 0 Å². The topological polar surface area (TPSA) is 72.9 Å². The number of nitrogens with one attached hydrogen (secondary N) is 1. The molecule has 0 bridgehead atoms. The van der Waals surface area contributed by atoms with Crippen LogP contribution >= 0.6 is 0 Å². The predicted octanol–water partition coefficient (Wildman–Crippen LogP) is 0.974.